The van der Waals surface area contributed by atoms with E-state index in [1.165, 1.54) is 27.3 Å². The van der Waals surface area contributed by atoms with Gasteiger partial charge in [0.05, 0.1) is 6.61 Å². The highest BCUT2D eigenvalue weighted by Gasteiger charge is 2.34. The van der Waals surface area contributed by atoms with Gasteiger partial charge in [-0.3, -0.25) is 9.89 Å². The molecule has 176 valence electrons. The lowest BCUT2D eigenvalue weighted by Gasteiger charge is -2.29. The molecule has 3 aromatic rings. The maximum absolute atomic E-state index is 13.4. The van der Waals surface area contributed by atoms with Gasteiger partial charge in [0.25, 0.3) is 5.56 Å². The SMILES string of the molecule is N[C@H](CO)CN(C1CCCC1)S(=O)(=O)c1ccc(-n2[nH]cc(Cc3ccccc3)c2=O)nc1. The first-order valence-electron chi connectivity index (χ1n) is 11.1. The van der Waals surface area contributed by atoms with Gasteiger partial charge in [-0.25, -0.2) is 18.1 Å². The molecule has 9 nitrogen and oxygen atoms in total. The van der Waals surface area contributed by atoms with E-state index in [0.29, 0.717) is 17.8 Å². The van der Waals surface area contributed by atoms with Crippen molar-refractivity contribution in [3.8, 4) is 5.82 Å². The van der Waals surface area contributed by atoms with E-state index in [-0.39, 0.29) is 29.6 Å². The maximum atomic E-state index is 13.4. The standard InChI is InChI=1S/C23H29N5O4S/c24-19(16-29)15-27(20-8-4-5-9-20)33(31,32)21-10-11-22(25-14-21)28-23(30)18(13-26-28)12-17-6-2-1-3-7-17/h1-3,6-7,10-11,13-14,19-20,26,29H,4-5,8-9,12,15-16,24H2/t19-/m0/s1. The lowest BCUT2D eigenvalue weighted by atomic mass is 10.1. The van der Waals surface area contributed by atoms with E-state index < -0.39 is 16.1 Å². The fourth-order valence-electron chi connectivity index (χ4n) is 4.24. The van der Waals surface area contributed by atoms with Crippen LogP contribution in [0.3, 0.4) is 0 Å². The first-order chi connectivity index (χ1) is 15.9. The number of hydrogen-bond acceptors (Lipinski definition) is 6. The summed E-state index contributed by atoms with van der Waals surface area (Å²) in [5.74, 6) is 0.303. The van der Waals surface area contributed by atoms with Gasteiger partial charge < -0.3 is 10.8 Å². The van der Waals surface area contributed by atoms with Gasteiger partial charge in [0, 0.05) is 43.0 Å². The molecule has 0 spiro atoms. The Morgan fingerprint density at radius 3 is 2.55 bits per heavy atom. The number of sulfonamides is 1. The highest BCUT2D eigenvalue weighted by atomic mass is 32.2. The van der Waals surface area contributed by atoms with E-state index in [2.05, 4.69) is 10.1 Å². The van der Waals surface area contributed by atoms with Crippen LogP contribution in [0.25, 0.3) is 5.82 Å². The van der Waals surface area contributed by atoms with Crippen molar-refractivity contribution in [2.45, 2.75) is 49.1 Å². The monoisotopic (exact) mass is 471 g/mol. The number of H-pyrrole nitrogens is 1. The second kappa shape index (κ2) is 10.0. The summed E-state index contributed by atoms with van der Waals surface area (Å²) in [6.07, 6.45) is 6.85. The zero-order valence-corrected chi connectivity index (χ0v) is 19.1. The molecule has 1 fully saturated rings. The summed E-state index contributed by atoms with van der Waals surface area (Å²) in [6, 6.07) is 11.8. The van der Waals surface area contributed by atoms with Gasteiger partial charge in [0.1, 0.15) is 4.90 Å². The molecule has 1 aliphatic carbocycles. The van der Waals surface area contributed by atoms with Crippen LogP contribution in [-0.2, 0) is 16.4 Å². The Balaban J connectivity index is 1.58. The summed E-state index contributed by atoms with van der Waals surface area (Å²) in [7, 11) is -3.85. The Morgan fingerprint density at radius 2 is 1.91 bits per heavy atom. The smallest absolute Gasteiger partial charge is 0.276 e. The zero-order chi connectivity index (χ0) is 23.4. The number of pyridine rings is 1. The Kier molecular flexibility index (Phi) is 7.08. The molecule has 2 aromatic heterocycles. The van der Waals surface area contributed by atoms with Crippen LogP contribution in [-0.4, -0.2) is 57.8 Å². The minimum absolute atomic E-state index is 0.0346. The summed E-state index contributed by atoms with van der Waals surface area (Å²) in [5.41, 5.74) is 7.25. The van der Waals surface area contributed by atoms with Crippen LogP contribution < -0.4 is 11.3 Å². The molecule has 2 heterocycles. The fraction of sp³-hybridized carbons (Fsp3) is 0.391. The number of aromatic amines is 1. The van der Waals surface area contributed by atoms with Crippen LogP contribution in [0.5, 0.6) is 0 Å². The van der Waals surface area contributed by atoms with Crippen molar-refractivity contribution >= 4 is 10.0 Å². The average Bonchev–Trinajstić information content (AvgIpc) is 3.48. The van der Waals surface area contributed by atoms with E-state index in [1.807, 2.05) is 30.3 Å². The number of hydrogen-bond donors (Lipinski definition) is 3. The minimum Gasteiger partial charge on any atom is -0.395 e. The van der Waals surface area contributed by atoms with Crippen molar-refractivity contribution in [3.05, 3.63) is 76.3 Å². The molecule has 1 saturated carbocycles. The van der Waals surface area contributed by atoms with Crippen LogP contribution in [0.4, 0.5) is 0 Å². The molecule has 0 radical (unpaired) electrons. The van der Waals surface area contributed by atoms with Crippen molar-refractivity contribution in [2.75, 3.05) is 13.2 Å². The van der Waals surface area contributed by atoms with Gasteiger partial charge >= 0.3 is 0 Å². The number of aliphatic hydroxyl groups is 1. The molecule has 4 N–H and O–H groups in total. The Hall–Kier alpha value is -2.79. The zero-order valence-electron chi connectivity index (χ0n) is 18.3. The third-order valence-electron chi connectivity index (χ3n) is 6.02. The Morgan fingerprint density at radius 1 is 1.18 bits per heavy atom. The summed E-state index contributed by atoms with van der Waals surface area (Å²) in [6.45, 7) is -0.249. The normalized spacial score (nSPS) is 15.8. The lowest BCUT2D eigenvalue weighted by molar-refractivity contribution is 0.225. The van der Waals surface area contributed by atoms with Crippen molar-refractivity contribution in [1.29, 1.82) is 0 Å². The molecule has 0 aliphatic heterocycles. The third-order valence-corrected chi connectivity index (χ3v) is 7.92. The highest BCUT2D eigenvalue weighted by molar-refractivity contribution is 7.89. The van der Waals surface area contributed by atoms with Gasteiger partial charge in [-0.2, -0.15) is 4.31 Å². The van der Waals surface area contributed by atoms with Crippen LogP contribution in [0.15, 0.2) is 64.5 Å². The maximum Gasteiger partial charge on any atom is 0.276 e. The number of nitrogens with zero attached hydrogens (tertiary/aromatic N) is 3. The number of benzene rings is 1. The van der Waals surface area contributed by atoms with Crippen LogP contribution in [0, 0.1) is 0 Å². The lowest BCUT2D eigenvalue weighted by Crippen LogP contribution is -2.47. The fourth-order valence-corrected chi connectivity index (χ4v) is 5.92. The molecule has 4 rings (SSSR count). The van der Waals surface area contributed by atoms with Gasteiger partial charge in [0.15, 0.2) is 5.82 Å². The second-order valence-corrected chi connectivity index (χ2v) is 10.3. The minimum atomic E-state index is -3.85. The molecule has 33 heavy (non-hydrogen) atoms. The van der Waals surface area contributed by atoms with Crippen molar-refractivity contribution in [1.82, 2.24) is 19.1 Å². The number of nitrogens with one attached hydrogen (secondary N) is 1. The molecule has 1 aromatic carbocycles. The van der Waals surface area contributed by atoms with Gasteiger partial charge in [0.2, 0.25) is 10.0 Å². The first-order valence-corrected chi connectivity index (χ1v) is 12.5. The van der Waals surface area contributed by atoms with Crippen molar-refractivity contribution in [2.24, 2.45) is 5.73 Å². The van der Waals surface area contributed by atoms with Crippen LogP contribution in [0.2, 0.25) is 0 Å². The van der Waals surface area contributed by atoms with E-state index in [4.69, 9.17) is 5.73 Å². The van der Waals surface area contributed by atoms with Gasteiger partial charge in [-0.15, -0.1) is 0 Å². The van der Waals surface area contributed by atoms with E-state index in [1.54, 1.807) is 6.20 Å². The Bertz CT molecular complexity index is 1220. The molecule has 0 bridgehead atoms. The number of nitrogens with two attached hydrogens (primary N) is 1. The van der Waals surface area contributed by atoms with E-state index >= 15 is 0 Å². The van der Waals surface area contributed by atoms with Crippen LogP contribution in [0.1, 0.15) is 36.8 Å². The molecule has 1 aliphatic rings. The Labute approximate surface area is 192 Å². The largest absolute Gasteiger partial charge is 0.395 e. The third kappa shape index (κ3) is 5.09. The second-order valence-electron chi connectivity index (χ2n) is 8.41. The summed E-state index contributed by atoms with van der Waals surface area (Å²) < 4.78 is 29.4. The molecule has 0 unspecified atom stereocenters. The predicted molar refractivity (Wildman–Crippen MR) is 125 cm³/mol. The van der Waals surface area contributed by atoms with E-state index in [0.717, 1.165) is 31.2 Å². The molecule has 10 heteroatoms. The first kappa shape index (κ1) is 23.4. The average molecular weight is 472 g/mol. The van der Waals surface area contributed by atoms with Crippen LogP contribution >= 0.6 is 0 Å². The van der Waals surface area contributed by atoms with Gasteiger partial charge in [-0.1, -0.05) is 43.2 Å². The molecular formula is C23H29N5O4S. The predicted octanol–water partition coefficient (Wildman–Crippen LogP) is 1.40. The molecule has 0 amide bonds. The topological polar surface area (TPSA) is 134 Å². The molecule has 1 atom stereocenters. The van der Waals surface area contributed by atoms with Crippen molar-refractivity contribution in [3.63, 3.8) is 0 Å². The number of aliphatic hydroxyl groups excluding tert-OH is 1. The molecular weight excluding hydrogens is 442 g/mol. The van der Waals surface area contributed by atoms with E-state index in [9.17, 15) is 18.3 Å². The summed E-state index contributed by atoms with van der Waals surface area (Å²) in [5, 5.41) is 12.3. The number of rotatable bonds is 9. The number of aromatic nitrogens is 3. The summed E-state index contributed by atoms with van der Waals surface area (Å²) >= 11 is 0. The van der Waals surface area contributed by atoms with Crippen molar-refractivity contribution < 1.29 is 13.5 Å². The van der Waals surface area contributed by atoms with Gasteiger partial charge in [-0.05, 0) is 30.5 Å². The quantitative estimate of drug-likeness (QED) is 0.432. The molecule has 0 saturated heterocycles. The summed E-state index contributed by atoms with van der Waals surface area (Å²) in [4.78, 5) is 17.1. The highest BCUT2D eigenvalue weighted by Crippen LogP contribution is 2.28.